The van der Waals surface area contributed by atoms with Crippen molar-refractivity contribution in [3.63, 3.8) is 0 Å². The minimum absolute atomic E-state index is 0.136. The van der Waals surface area contributed by atoms with Gasteiger partial charge in [0, 0.05) is 30.7 Å². The van der Waals surface area contributed by atoms with Crippen molar-refractivity contribution in [3.05, 3.63) is 23.7 Å². The summed E-state index contributed by atoms with van der Waals surface area (Å²) in [7, 11) is 2.21. The lowest BCUT2D eigenvalue weighted by Crippen LogP contribution is -2.58. The molecular formula is C17H31N3O. The van der Waals surface area contributed by atoms with Gasteiger partial charge >= 0.3 is 0 Å². The molecule has 0 radical (unpaired) electrons. The van der Waals surface area contributed by atoms with Crippen molar-refractivity contribution in [2.24, 2.45) is 11.7 Å². The molecule has 0 aliphatic carbocycles. The van der Waals surface area contributed by atoms with Crippen molar-refractivity contribution in [1.29, 1.82) is 0 Å². The van der Waals surface area contributed by atoms with E-state index in [1.165, 1.54) is 12.1 Å². The van der Waals surface area contributed by atoms with Crippen molar-refractivity contribution >= 4 is 0 Å². The molecule has 1 aliphatic heterocycles. The zero-order valence-corrected chi connectivity index (χ0v) is 14.1. The van der Waals surface area contributed by atoms with Gasteiger partial charge in [0.25, 0.3) is 0 Å². The van der Waals surface area contributed by atoms with Crippen LogP contribution in [0.2, 0.25) is 0 Å². The number of furan rings is 1. The Morgan fingerprint density at radius 1 is 1.38 bits per heavy atom. The highest BCUT2D eigenvalue weighted by molar-refractivity contribution is 5.16. The number of likely N-dealkylation sites (tertiary alicyclic amines) is 1. The maximum absolute atomic E-state index is 6.17. The van der Waals surface area contributed by atoms with E-state index >= 15 is 0 Å². The van der Waals surface area contributed by atoms with E-state index in [2.05, 4.69) is 36.8 Å². The minimum atomic E-state index is 0.136. The van der Waals surface area contributed by atoms with Gasteiger partial charge in [-0.1, -0.05) is 13.8 Å². The van der Waals surface area contributed by atoms with Crippen molar-refractivity contribution in [3.8, 4) is 0 Å². The number of likely N-dealkylation sites (N-methyl/N-ethyl adjacent to an activating group) is 1. The van der Waals surface area contributed by atoms with Crippen LogP contribution in [0.1, 0.15) is 38.0 Å². The molecule has 2 N–H and O–H groups in total. The van der Waals surface area contributed by atoms with Crippen LogP contribution in [0, 0.1) is 12.8 Å². The van der Waals surface area contributed by atoms with Gasteiger partial charge in [-0.05, 0) is 51.9 Å². The molecule has 1 aromatic heterocycles. The zero-order valence-electron chi connectivity index (χ0n) is 14.1. The van der Waals surface area contributed by atoms with E-state index in [0.717, 1.165) is 50.7 Å². The maximum atomic E-state index is 6.17. The molecule has 2 heterocycles. The first kappa shape index (κ1) is 16.5. The van der Waals surface area contributed by atoms with Gasteiger partial charge in [0.15, 0.2) is 0 Å². The van der Waals surface area contributed by atoms with Gasteiger partial charge in [-0.2, -0.15) is 0 Å². The number of nitrogens with zero attached hydrogens (tertiary/aromatic N) is 2. The Hall–Kier alpha value is -0.840. The summed E-state index contributed by atoms with van der Waals surface area (Å²) in [6.07, 6.45) is 4.09. The quantitative estimate of drug-likeness (QED) is 0.875. The molecule has 1 fully saturated rings. The Morgan fingerprint density at radius 3 is 2.52 bits per heavy atom. The first-order chi connectivity index (χ1) is 9.97. The molecule has 4 heteroatoms. The Morgan fingerprint density at radius 2 is 2.05 bits per heavy atom. The molecule has 1 aliphatic rings. The summed E-state index contributed by atoms with van der Waals surface area (Å²) < 4.78 is 5.41. The molecule has 0 spiro atoms. The Balaban J connectivity index is 1.97. The van der Waals surface area contributed by atoms with Crippen LogP contribution in [0.4, 0.5) is 0 Å². The van der Waals surface area contributed by atoms with Gasteiger partial charge in [-0.25, -0.2) is 0 Å². The first-order valence-electron chi connectivity index (χ1n) is 8.13. The summed E-state index contributed by atoms with van der Waals surface area (Å²) in [5.74, 6) is 1.76. The fourth-order valence-corrected chi connectivity index (χ4v) is 3.41. The molecular weight excluding hydrogens is 262 g/mol. The number of aryl methyl sites for hydroxylation is 1. The molecule has 120 valence electrons. The monoisotopic (exact) mass is 293 g/mol. The molecule has 2 rings (SSSR count). The van der Waals surface area contributed by atoms with Crippen LogP contribution in [0.5, 0.6) is 0 Å². The smallest absolute Gasteiger partial charge is 0.105 e. The van der Waals surface area contributed by atoms with Gasteiger partial charge in [0.1, 0.15) is 5.76 Å². The lowest BCUT2D eigenvalue weighted by molar-refractivity contribution is 0.0362. The second-order valence-corrected chi connectivity index (χ2v) is 6.98. The molecule has 0 saturated carbocycles. The highest BCUT2D eigenvalue weighted by atomic mass is 16.3. The highest BCUT2D eigenvalue weighted by Crippen LogP contribution is 2.29. The summed E-state index contributed by atoms with van der Waals surface area (Å²) >= 11 is 0. The van der Waals surface area contributed by atoms with E-state index in [-0.39, 0.29) is 5.54 Å². The van der Waals surface area contributed by atoms with Crippen molar-refractivity contribution in [1.82, 2.24) is 9.80 Å². The molecule has 1 aromatic rings. The third kappa shape index (κ3) is 3.87. The lowest BCUT2D eigenvalue weighted by Gasteiger charge is -2.47. The standard InChI is InChI=1S/C17H31N3O/c1-14(2)11-20-8-6-17(13-18,7-9-20)19(4)12-16-5-10-21-15(16)3/h5,10,14H,6-9,11-13,18H2,1-4H3. The molecule has 0 bridgehead atoms. The first-order valence-corrected chi connectivity index (χ1v) is 8.13. The third-order valence-corrected chi connectivity index (χ3v) is 4.97. The van der Waals surface area contributed by atoms with Crippen LogP contribution in [0.3, 0.4) is 0 Å². The largest absolute Gasteiger partial charge is 0.469 e. The number of hydrogen-bond donors (Lipinski definition) is 1. The van der Waals surface area contributed by atoms with Crippen LogP contribution in [0.15, 0.2) is 16.7 Å². The SMILES string of the molecule is Cc1occc1CN(C)C1(CN)CCN(CC(C)C)CC1. The van der Waals surface area contributed by atoms with E-state index in [9.17, 15) is 0 Å². The van der Waals surface area contributed by atoms with Crippen molar-refractivity contribution in [2.75, 3.05) is 33.2 Å². The van der Waals surface area contributed by atoms with Crippen LogP contribution in [-0.4, -0.2) is 48.6 Å². The molecule has 0 unspecified atom stereocenters. The van der Waals surface area contributed by atoms with Gasteiger partial charge < -0.3 is 15.1 Å². The van der Waals surface area contributed by atoms with Gasteiger partial charge in [-0.3, -0.25) is 4.90 Å². The fraction of sp³-hybridized carbons (Fsp3) is 0.765. The third-order valence-electron chi connectivity index (χ3n) is 4.97. The number of piperidine rings is 1. The minimum Gasteiger partial charge on any atom is -0.469 e. The number of rotatable bonds is 6. The van der Waals surface area contributed by atoms with Crippen LogP contribution >= 0.6 is 0 Å². The zero-order chi connectivity index (χ0) is 15.5. The lowest BCUT2D eigenvalue weighted by atomic mass is 9.85. The topological polar surface area (TPSA) is 45.6 Å². The molecule has 0 amide bonds. The Labute approximate surface area is 129 Å². The Kier molecular flexibility index (Phi) is 5.47. The molecule has 4 nitrogen and oxygen atoms in total. The predicted molar refractivity (Wildman–Crippen MR) is 87.2 cm³/mol. The summed E-state index contributed by atoms with van der Waals surface area (Å²) in [6, 6.07) is 2.07. The maximum Gasteiger partial charge on any atom is 0.105 e. The molecule has 1 saturated heterocycles. The Bertz CT molecular complexity index is 433. The van der Waals surface area contributed by atoms with Crippen LogP contribution in [0.25, 0.3) is 0 Å². The van der Waals surface area contributed by atoms with Gasteiger partial charge in [0.05, 0.1) is 6.26 Å². The summed E-state index contributed by atoms with van der Waals surface area (Å²) in [4.78, 5) is 5.02. The van der Waals surface area contributed by atoms with Crippen molar-refractivity contribution < 1.29 is 4.42 Å². The van der Waals surface area contributed by atoms with E-state index in [0.29, 0.717) is 0 Å². The second-order valence-electron chi connectivity index (χ2n) is 6.98. The van der Waals surface area contributed by atoms with E-state index in [4.69, 9.17) is 10.2 Å². The summed E-state index contributed by atoms with van der Waals surface area (Å²) in [5.41, 5.74) is 7.58. The number of hydrogen-bond acceptors (Lipinski definition) is 4. The second kappa shape index (κ2) is 6.95. The fourth-order valence-electron chi connectivity index (χ4n) is 3.41. The normalized spacial score (nSPS) is 19.6. The predicted octanol–water partition coefficient (Wildman–Crippen LogP) is 2.47. The van der Waals surface area contributed by atoms with E-state index < -0.39 is 0 Å². The van der Waals surface area contributed by atoms with Gasteiger partial charge in [0.2, 0.25) is 0 Å². The molecule has 0 atom stereocenters. The van der Waals surface area contributed by atoms with Crippen molar-refractivity contribution in [2.45, 2.75) is 45.7 Å². The van der Waals surface area contributed by atoms with Crippen LogP contribution in [-0.2, 0) is 6.54 Å². The molecule has 21 heavy (non-hydrogen) atoms. The van der Waals surface area contributed by atoms with E-state index in [1.54, 1.807) is 6.26 Å². The number of nitrogens with two attached hydrogens (primary N) is 1. The van der Waals surface area contributed by atoms with Crippen LogP contribution < -0.4 is 5.73 Å². The van der Waals surface area contributed by atoms with Gasteiger partial charge in [-0.15, -0.1) is 0 Å². The molecule has 0 aromatic carbocycles. The highest BCUT2D eigenvalue weighted by Gasteiger charge is 2.37. The summed E-state index contributed by atoms with van der Waals surface area (Å²) in [6.45, 7) is 11.8. The van der Waals surface area contributed by atoms with E-state index in [1.807, 2.05) is 6.92 Å². The average Bonchev–Trinajstić information content (AvgIpc) is 2.85. The average molecular weight is 293 g/mol. The summed E-state index contributed by atoms with van der Waals surface area (Å²) in [5, 5.41) is 0.